The van der Waals surface area contributed by atoms with Crippen LogP contribution in [0.2, 0.25) is 0 Å². The summed E-state index contributed by atoms with van der Waals surface area (Å²) in [5, 5.41) is 0.804. The zero-order valence-corrected chi connectivity index (χ0v) is 9.78. The van der Waals surface area contributed by atoms with Gasteiger partial charge in [-0.1, -0.05) is 23.9 Å². The van der Waals surface area contributed by atoms with Gasteiger partial charge in [-0.05, 0) is 23.8 Å². The Hall–Kier alpha value is -1.55. The minimum atomic E-state index is 0.804. The first-order valence-corrected chi connectivity index (χ1v) is 5.90. The van der Waals surface area contributed by atoms with E-state index < -0.39 is 0 Å². The van der Waals surface area contributed by atoms with Crippen LogP contribution in [0, 0.1) is 0 Å². The van der Waals surface area contributed by atoms with Crippen molar-refractivity contribution in [3.63, 3.8) is 0 Å². The van der Waals surface area contributed by atoms with E-state index in [0.29, 0.717) is 0 Å². The number of ether oxygens (including phenoxy) is 1. The van der Waals surface area contributed by atoms with Gasteiger partial charge in [-0.25, -0.2) is 9.97 Å². The fourth-order valence-corrected chi connectivity index (χ4v) is 1.99. The van der Waals surface area contributed by atoms with Crippen LogP contribution in [0.15, 0.2) is 47.9 Å². The Labute approximate surface area is 98.9 Å². The Kier molecular flexibility index (Phi) is 3.77. The lowest BCUT2D eigenvalue weighted by Crippen LogP contribution is -1.86. The summed E-state index contributed by atoms with van der Waals surface area (Å²) in [4.78, 5) is 8.31. The number of nitrogens with zero attached hydrogens (tertiary/aromatic N) is 2. The lowest BCUT2D eigenvalue weighted by Gasteiger charge is -2.02. The van der Waals surface area contributed by atoms with Crippen molar-refractivity contribution in [3.8, 4) is 5.75 Å². The van der Waals surface area contributed by atoms with Crippen molar-refractivity contribution in [3.05, 3.63) is 48.3 Å². The van der Waals surface area contributed by atoms with Crippen molar-refractivity contribution in [1.29, 1.82) is 0 Å². The summed E-state index contributed by atoms with van der Waals surface area (Å²) in [6.45, 7) is 0. The maximum absolute atomic E-state index is 5.10. The van der Waals surface area contributed by atoms with E-state index in [1.54, 1.807) is 31.3 Å². The molecule has 0 aliphatic heterocycles. The van der Waals surface area contributed by atoms with Crippen molar-refractivity contribution in [2.45, 2.75) is 10.9 Å². The van der Waals surface area contributed by atoms with Gasteiger partial charge in [-0.3, -0.25) is 0 Å². The minimum absolute atomic E-state index is 0.804. The van der Waals surface area contributed by atoms with Crippen LogP contribution in [0.4, 0.5) is 0 Å². The lowest BCUT2D eigenvalue weighted by molar-refractivity contribution is 0.414. The Balaban J connectivity index is 1.94. The van der Waals surface area contributed by atoms with Crippen molar-refractivity contribution < 1.29 is 4.74 Å². The number of benzene rings is 1. The quantitative estimate of drug-likeness (QED) is 0.599. The average molecular weight is 232 g/mol. The first kappa shape index (κ1) is 11.0. The van der Waals surface area contributed by atoms with Gasteiger partial charge >= 0.3 is 0 Å². The monoisotopic (exact) mass is 232 g/mol. The van der Waals surface area contributed by atoms with Crippen LogP contribution in [0.3, 0.4) is 0 Å². The maximum Gasteiger partial charge on any atom is 0.187 e. The van der Waals surface area contributed by atoms with E-state index in [0.717, 1.165) is 16.7 Å². The predicted molar refractivity (Wildman–Crippen MR) is 64.6 cm³/mol. The largest absolute Gasteiger partial charge is 0.497 e. The molecule has 1 aromatic heterocycles. The van der Waals surface area contributed by atoms with E-state index in [-0.39, 0.29) is 0 Å². The van der Waals surface area contributed by atoms with Gasteiger partial charge in [0.1, 0.15) is 5.75 Å². The van der Waals surface area contributed by atoms with Crippen LogP contribution in [0.5, 0.6) is 5.75 Å². The molecule has 1 heterocycles. The summed E-state index contributed by atoms with van der Waals surface area (Å²) in [5.41, 5.74) is 1.23. The molecule has 2 aromatic rings. The van der Waals surface area contributed by atoms with Gasteiger partial charge in [-0.15, -0.1) is 0 Å². The summed E-state index contributed by atoms with van der Waals surface area (Å²) < 4.78 is 5.10. The molecule has 3 nitrogen and oxygen atoms in total. The fourth-order valence-electron chi connectivity index (χ4n) is 1.23. The van der Waals surface area contributed by atoms with E-state index in [1.165, 1.54) is 5.56 Å². The summed E-state index contributed by atoms with van der Waals surface area (Å²) in [5.74, 6) is 1.75. The normalized spacial score (nSPS) is 10.1. The highest BCUT2D eigenvalue weighted by atomic mass is 32.2. The van der Waals surface area contributed by atoms with Crippen LogP contribution >= 0.6 is 11.8 Å². The van der Waals surface area contributed by atoms with Crippen molar-refractivity contribution >= 4 is 11.8 Å². The van der Waals surface area contributed by atoms with Crippen LogP contribution in [0.1, 0.15) is 5.56 Å². The molecular formula is C12H12N2OS. The summed E-state index contributed by atoms with van der Waals surface area (Å²) in [6, 6.07) is 9.84. The van der Waals surface area contributed by atoms with Crippen LogP contribution < -0.4 is 4.74 Å². The average Bonchev–Trinajstić information content (AvgIpc) is 2.38. The second-order valence-corrected chi connectivity index (χ2v) is 4.11. The zero-order valence-electron chi connectivity index (χ0n) is 8.96. The third-order valence-electron chi connectivity index (χ3n) is 2.07. The SMILES string of the molecule is COc1ccc(CSc2ncccn2)cc1. The van der Waals surface area contributed by atoms with Gasteiger partial charge in [0.05, 0.1) is 7.11 Å². The Morgan fingerprint density at radius 3 is 2.44 bits per heavy atom. The van der Waals surface area contributed by atoms with E-state index in [2.05, 4.69) is 22.1 Å². The summed E-state index contributed by atoms with van der Waals surface area (Å²) >= 11 is 1.62. The number of aromatic nitrogens is 2. The molecule has 0 fully saturated rings. The molecule has 16 heavy (non-hydrogen) atoms. The molecule has 0 radical (unpaired) electrons. The molecule has 0 aliphatic carbocycles. The third-order valence-corrected chi connectivity index (χ3v) is 3.02. The molecule has 0 saturated carbocycles. The van der Waals surface area contributed by atoms with Crippen LogP contribution in [0.25, 0.3) is 0 Å². The van der Waals surface area contributed by atoms with Gasteiger partial charge < -0.3 is 4.74 Å². The Bertz CT molecular complexity index is 431. The number of hydrogen-bond donors (Lipinski definition) is 0. The number of thioether (sulfide) groups is 1. The van der Waals surface area contributed by atoms with Crippen molar-refractivity contribution in [2.24, 2.45) is 0 Å². The molecule has 0 aliphatic rings. The molecular weight excluding hydrogens is 220 g/mol. The molecule has 0 amide bonds. The van der Waals surface area contributed by atoms with E-state index in [4.69, 9.17) is 4.74 Å². The lowest BCUT2D eigenvalue weighted by atomic mass is 10.2. The summed E-state index contributed by atoms with van der Waals surface area (Å²) in [6.07, 6.45) is 3.51. The number of hydrogen-bond acceptors (Lipinski definition) is 4. The van der Waals surface area contributed by atoms with Crippen LogP contribution in [-0.2, 0) is 5.75 Å². The van der Waals surface area contributed by atoms with Gasteiger partial charge in [0.25, 0.3) is 0 Å². The van der Waals surface area contributed by atoms with Crippen LogP contribution in [-0.4, -0.2) is 17.1 Å². The predicted octanol–water partition coefficient (Wildman–Crippen LogP) is 2.78. The Morgan fingerprint density at radius 1 is 1.12 bits per heavy atom. The molecule has 1 aromatic carbocycles. The van der Waals surface area contributed by atoms with Gasteiger partial charge in [0.15, 0.2) is 5.16 Å². The smallest absolute Gasteiger partial charge is 0.187 e. The Morgan fingerprint density at radius 2 is 1.81 bits per heavy atom. The van der Waals surface area contributed by atoms with Gasteiger partial charge in [-0.2, -0.15) is 0 Å². The highest BCUT2D eigenvalue weighted by Gasteiger charge is 1.98. The van der Waals surface area contributed by atoms with E-state index in [9.17, 15) is 0 Å². The first-order chi connectivity index (χ1) is 7.88. The molecule has 0 N–H and O–H groups in total. The first-order valence-electron chi connectivity index (χ1n) is 4.91. The van der Waals surface area contributed by atoms with Gasteiger partial charge in [0.2, 0.25) is 0 Å². The standard InChI is InChI=1S/C12H12N2OS/c1-15-11-5-3-10(4-6-11)9-16-12-13-7-2-8-14-12/h2-8H,9H2,1H3. The molecule has 0 saturated heterocycles. The third kappa shape index (κ3) is 2.97. The molecule has 0 atom stereocenters. The highest BCUT2D eigenvalue weighted by molar-refractivity contribution is 7.98. The molecule has 4 heteroatoms. The molecule has 2 rings (SSSR count). The number of methoxy groups -OCH3 is 1. The van der Waals surface area contributed by atoms with Crippen molar-refractivity contribution in [1.82, 2.24) is 9.97 Å². The van der Waals surface area contributed by atoms with Crippen molar-refractivity contribution in [2.75, 3.05) is 7.11 Å². The summed E-state index contributed by atoms with van der Waals surface area (Å²) in [7, 11) is 1.67. The molecule has 0 spiro atoms. The number of rotatable bonds is 4. The molecule has 82 valence electrons. The maximum atomic E-state index is 5.10. The highest BCUT2D eigenvalue weighted by Crippen LogP contribution is 2.20. The van der Waals surface area contributed by atoms with E-state index in [1.807, 2.05) is 18.2 Å². The topological polar surface area (TPSA) is 35.0 Å². The molecule has 0 unspecified atom stereocenters. The minimum Gasteiger partial charge on any atom is -0.497 e. The second-order valence-electron chi connectivity index (χ2n) is 3.17. The second kappa shape index (κ2) is 5.51. The molecule has 0 bridgehead atoms. The van der Waals surface area contributed by atoms with E-state index >= 15 is 0 Å². The van der Waals surface area contributed by atoms with Gasteiger partial charge in [0, 0.05) is 18.1 Å². The fraction of sp³-hybridized carbons (Fsp3) is 0.167. The zero-order chi connectivity index (χ0) is 11.2.